The van der Waals surface area contributed by atoms with Crippen LogP contribution < -0.4 is 5.32 Å². The maximum Gasteiger partial charge on any atom is 0.0488 e. The molecule has 96 valence electrons. The minimum absolute atomic E-state index is 0.642. The summed E-state index contributed by atoms with van der Waals surface area (Å²) >= 11 is 0. The summed E-state index contributed by atoms with van der Waals surface area (Å²) in [4.78, 5) is 0. The fourth-order valence-electron chi connectivity index (χ4n) is 2.00. The molecule has 0 saturated heterocycles. The number of methoxy groups -OCH3 is 1. The highest BCUT2D eigenvalue weighted by Crippen LogP contribution is 2.12. The molecule has 0 rings (SSSR count). The Morgan fingerprint density at radius 1 is 1.44 bits per heavy atom. The molecular weight excluding hydrogens is 198 g/mol. The van der Waals surface area contributed by atoms with Crippen LogP contribution in [0.1, 0.15) is 46.0 Å². The van der Waals surface area contributed by atoms with E-state index in [2.05, 4.69) is 25.7 Å². The molecule has 0 spiro atoms. The predicted octanol–water partition coefficient (Wildman–Crippen LogP) is 3.38. The second-order valence-electron chi connectivity index (χ2n) is 4.67. The highest BCUT2D eigenvalue weighted by molar-refractivity contribution is 4.73. The van der Waals surface area contributed by atoms with E-state index in [1.165, 1.54) is 25.7 Å². The summed E-state index contributed by atoms with van der Waals surface area (Å²) in [5.41, 5.74) is 0. The molecule has 0 aromatic heterocycles. The van der Waals surface area contributed by atoms with Crippen molar-refractivity contribution in [2.75, 3.05) is 20.3 Å². The summed E-state index contributed by atoms with van der Waals surface area (Å²) in [6.07, 6.45) is 8.05. The summed E-state index contributed by atoms with van der Waals surface area (Å²) in [7, 11) is 1.78. The Morgan fingerprint density at radius 3 is 2.75 bits per heavy atom. The van der Waals surface area contributed by atoms with Crippen molar-refractivity contribution in [1.82, 2.24) is 5.32 Å². The van der Waals surface area contributed by atoms with Gasteiger partial charge < -0.3 is 10.1 Å². The van der Waals surface area contributed by atoms with Crippen molar-refractivity contribution in [1.29, 1.82) is 0 Å². The van der Waals surface area contributed by atoms with Crippen molar-refractivity contribution in [3.63, 3.8) is 0 Å². The topological polar surface area (TPSA) is 21.3 Å². The van der Waals surface area contributed by atoms with Crippen LogP contribution in [0.5, 0.6) is 0 Å². The molecule has 1 N–H and O–H groups in total. The lowest BCUT2D eigenvalue weighted by molar-refractivity contribution is 0.148. The Labute approximate surface area is 101 Å². The third-order valence-corrected chi connectivity index (χ3v) is 2.78. The smallest absolute Gasteiger partial charge is 0.0488 e. The Morgan fingerprint density at radius 2 is 2.19 bits per heavy atom. The lowest BCUT2D eigenvalue weighted by atomic mass is 9.98. The SMILES string of the molecule is C=CCCCC(CC(C)COC)NCCC. The van der Waals surface area contributed by atoms with E-state index in [1.54, 1.807) is 7.11 Å². The van der Waals surface area contributed by atoms with Crippen LogP contribution in [0, 0.1) is 5.92 Å². The fraction of sp³-hybridized carbons (Fsp3) is 0.857. The van der Waals surface area contributed by atoms with Gasteiger partial charge in [-0.2, -0.15) is 0 Å². The normalized spacial score (nSPS) is 14.7. The molecule has 0 aliphatic heterocycles. The van der Waals surface area contributed by atoms with Crippen molar-refractivity contribution in [3.05, 3.63) is 12.7 Å². The van der Waals surface area contributed by atoms with E-state index in [9.17, 15) is 0 Å². The van der Waals surface area contributed by atoms with E-state index in [-0.39, 0.29) is 0 Å². The van der Waals surface area contributed by atoms with Crippen LogP contribution in [0.2, 0.25) is 0 Å². The molecule has 0 bridgehead atoms. The average Bonchev–Trinajstić information content (AvgIpc) is 2.26. The first-order valence-corrected chi connectivity index (χ1v) is 6.57. The van der Waals surface area contributed by atoms with E-state index < -0.39 is 0 Å². The lowest BCUT2D eigenvalue weighted by Crippen LogP contribution is -2.32. The molecule has 0 fully saturated rings. The molecule has 2 unspecified atom stereocenters. The van der Waals surface area contributed by atoms with E-state index in [0.717, 1.165) is 19.6 Å². The molecule has 2 heteroatoms. The van der Waals surface area contributed by atoms with E-state index >= 15 is 0 Å². The third kappa shape index (κ3) is 8.93. The van der Waals surface area contributed by atoms with Crippen molar-refractivity contribution >= 4 is 0 Å². The van der Waals surface area contributed by atoms with Crippen molar-refractivity contribution in [2.24, 2.45) is 5.92 Å². The Balaban J connectivity index is 3.82. The van der Waals surface area contributed by atoms with Crippen molar-refractivity contribution in [2.45, 2.75) is 52.0 Å². The minimum Gasteiger partial charge on any atom is -0.384 e. The molecule has 0 aliphatic rings. The maximum absolute atomic E-state index is 5.19. The summed E-state index contributed by atoms with van der Waals surface area (Å²) in [5.74, 6) is 0.642. The van der Waals surface area contributed by atoms with Crippen LogP contribution in [0.25, 0.3) is 0 Å². The number of hydrogen-bond acceptors (Lipinski definition) is 2. The van der Waals surface area contributed by atoms with Crippen molar-refractivity contribution in [3.8, 4) is 0 Å². The van der Waals surface area contributed by atoms with Gasteiger partial charge in [0.1, 0.15) is 0 Å². The molecule has 0 aromatic carbocycles. The maximum atomic E-state index is 5.19. The van der Waals surface area contributed by atoms with E-state index in [1.807, 2.05) is 6.08 Å². The van der Waals surface area contributed by atoms with Crippen LogP contribution in [0.3, 0.4) is 0 Å². The van der Waals surface area contributed by atoms with Gasteiger partial charge in [0, 0.05) is 19.8 Å². The molecule has 0 amide bonds. The zero-order valence-electron chi connectivity index (χ0n) is 11.3. The molecule has 0 radical (unpaired) electrons. The third-order valence-electron chi connectivity index (χ3n) is 2.78. The zero-order chi connectivity index (χ0) is 12.2. The first-order valence-electron chi connectivity index (χ1n) is 6.57. The minimum atomic E-state index is 0.642. The molecule has 2 nitrogen and oxygen atoms in total. The first kappa shape index (κ1) is 15.7. The highest BCUT2D eigenvalue weighted by Gasteiger charge is 2.11. The van der Waals surface area contributed by atoms with Gasteiger partial charge in [0.25, 0.3) is 0 Å². The van der Waals surface area contributed by atoms with Gasteiger partial charge in [-0.15, -0.1) is 6.58 Å². The van der Waals surface area contributed by atoms with Crippen LogP contribution in [0.4, 0.5) is 0 Å². The molecule has 0 aliphatic carbocycles. The summed E-state index contributed by atoms with van der Waals surface area (Å²) in [5, 5.41) is 3.63. The quantitative estimate of drug-likeness (QED) is 0.431. The Hall–Kier alpha value is -0.340. The van der Waals surface area contributed by atoms with Gasteiger partial charge in [-0.3, -0.25) is 0 Å². The van der Waals surface area contributed by atoms with Gasteiger partial charge in [0.15, 0.2) is 0 Å². The first-order chi connectivity index (χ1) is 7.74. The number of rotatable bonds is 11. The summed E-state index contributed by atoms with van der Waals surface area (Å²) in [6.45, 7) is 10.2. The number of unbranched alkanes of at least 4 members (excludes halogenated alkanes) is 1. The largest absolute Gasteiger partial charge is 0.384 e. The highest BCUT2D eigenvalue weighted by atomic mass is 16.5. The van der Waals surface area contributed by atoms with Crippen LogP contribution in [-0.4, -0.2) is 26.3 Å². The fourth-order valence-corrected chi connectivity index (χ4v) is 2.00. The van der Waals surface area contributed by atoms with Gasteiger partial charge in [0.05, 0.1) is 0 Å². The van der Waals surface area contributed by atoms with Gasteiger partial charge in [-0.05, 0) is 44.6 Å². The molecular formula is C14H29NO. The van der Waals surface area contributed by atoms with Crippen LogP contribution in [-0.2, 0) is 4.74 Å². The van der Waals surface area contributed by atoms with Gasteiger partial charge >= 0.3 is 0 Å². The standard InChI is InChI=1S/C14H29NO/c1-5-7-8-9-14(15-10-6-2)11-13(3)12-16-4/h5,13-15H,1,6-12H2,2-4H3. The van der Waals surface area contributed by atoms with Crippen molar-refractivity contribution < 1.29 is 4.74 Å². The predicted molar refractivity (Wildman–Crippen MR) is 71.8 cm³/mol. The van der Waals surface area contributed by atoms with Gasteiger partial charge in [-0.1, -0.05) is 19.9 Å². The Bertz CT molecular complexity index is 159. The number of allylic oxidation sites excluding steroid dienone is 1. The lowest BCUT2D eigenvalue weighted by Gasteiger charge is -2.21. The number of nitrogens with one attached hydrogen (secondary N) is 1. The molecule has 0 heterocycles. The monoisotopic (exact) mass is 227 g/mol. The second kappa shape index (κ2) is 11.2. The molecule has 16 heavy (non-hydrogen) atoms. The Kier molecular flexibility index (Phi) is 10.9. The van der Waals surface area contributed by atoms with Gasteiger partial charge in [-0.25, -0.2) is 0 Å². The van der Waals surface area contributed by atoms with E-state index in [0.29, 0.717) is 12.0 Å². The average molecular weight is 227 g/mol. The van der Waals surface area contributed by atoms with Gasteiger partial charge in [0.2, 0.25) is 0 Å². The second-order valence-corrected chi connectivity index (χ2v) is 4.67. The summed E-state index contributed by atoms with van der Waals surface area (Å²) < 4.78 is 5.19. The van der Waals surface area contributed by atoms with Crippen LogP contribution in [0.15, 0.2) is 12.7 Å². The zero-order valence-corrected chi connectivity index (χ0v) is 11.3. The number of hydrogen-bond donors (Lipinski definition) is 1. The molecule has 0 saturated carbocycles. The molecule has 0 aromatic rings. The summed E-state index contributed by atoms with van der Waals surface area (Å²) in [6, 6.07) is 0.644. The van der Waals surface area contributed by atoms with Crippen LogP contribution >= 0.6 is 0 Å². The molecule has 2 atom stereocenters. The van der Waals surface area contributed by atoms with E-state index in [4.69, 9.17) is 4.74 Å². The number of ether oxygens (including phenoxy) is 1.